The molecule has 1 N–H and O–H groups in total. The largest absolute Gasteiger partial charge is 0.423 e. The summed E-state index contributed by atoms with van der Waals surface area (Å²) in [5, 5.41) is 2.80. The SMILES string of the molecule is O=C(CN1CC(=O)Oc2ccccc21)NCc1ccccn1. The van der Waals surface area contributed by atoms with Gasteiger partial charge in [-0.05, 0) is 24.3 Å². The molecule has 1 aliphatic heterocycles. The van der Waals surface area contributed by atoms with E-state index in [4.69, 9.17) is 4.74 Å². The Hall–Kier alpha value is -2.89. The maximum Gasteiger partial charge on any atom is 0.331 e. The molecule has 1 aliphatic rings. The summed E-state index contributed by atoms with van der Waals surface area (Å²) < 4.78 is 5.15. The molecule has 0 bridgehead atoms. The lowest BCUT2D eigenvalue weighted by Gasteiger charge is -2.29. The van der Waals surface area contributed by atoms with E-state index in [1.807, 2.05) is 30.3 Å². The topological polar surface area (TPSA) is 71.5 Å². The lowest BCUT2D eigenvalue weighted by molar-refractivity contribution is -0.133. The van der Waals surface area contributed by atoms with Crippen LogP contribution in [-0.2, 0) is 16.1 Å². The maximum atomic E-state index is 12.1. The van der Waals surface area contributed by atoms with Crippen LogP contribution in [0.25, 0.3) is 0 Å². The fourth-order valence-electron chi connectivity index (χ4n) is 2.26. The number of aromatic nitrogens is 1. The maximum absolute atomic E-state index is 12.1. The molecule has 3 rings (SSSR count). The van der Waals surface area contributed by atoms with E-state index in [2.05, 4.69) is 10.3 Å². The Bertz CT molecular complexity index is 688. The Balaban J connectivity index is 1.63. The average molecular weight is 297 g/mol. The van der Waals surface area contributed by atoms with Crippen molar-refractivity contribution < 1.29 is 14.3 Å². The summed E-state index contributed by atoms with van der Waals surface area (Å²) in [6.45, 7) is 0.520. The number of carbonyl (C=O) groups is 2. The summed E-state index contributed by atoms with van der Waals surface area (Å²) in [6.07, 6.45) is 1.68. The zero-order valence-corrected chi connectivity index (χ0v) is 11.9. The van der Waals surface area contributed by atoms with Crippen molar-refractivity contribution in [3.8, 4) is 5.75 Å². The Morgan fingerprint density at radius 1 is 1.23 bits per heavy atom. The van der Waals surface area contributed by atoms with Gasteiger partial charge in [-0.25, -0.2) is 4.79 Å². The minimum absolute atomic E-state index is 0.0635. The molecular weight excluding hydrogens is 282 g/mol. The highest BCUT2D eigenvalue weighted by atomic mass is 16.5. The van der Waals surface area contributed by atoms with E-state index in [9.17, 15) is 9.59 Å². The number of benzene rings is 1. The van der Waals surface area contributed by atoms with E-state index in [-0.39, 0.29) is 25.0 Å². The molecule has 2 heterocycles. The number of anilines is 1. The van der Waals surface area contributed by atoms with Gasteiger partial charge < -0.3 is 15.0 Å². The third-order valence-electron chi connectivity index (χ3n) is 3.28. The van der Waals surface area contributed by atoms with E-state index >= 15 is 0 Å². The van der Waals surface area contributed by atoms with Gasteiger partial charge in [-0.1, -0.05) is 18.2 Å². The Labute approximate surface area is 127 Å². The van der Waals surface area contributed by atoms with Crippen molar-refractivity contribution in [3.05, 3.63) is 54.4 Å². The van der Waals surface area contributed by atoms with Gasteiger partial charge in [-0.2, -0.15) is 0 Å². The van der Waals surface area contributed by atoms with E-state index in [1.165, 1.54) is 0 Å². The fraction of sp³-hybridized carbons (Fsp3) is 0.188. The molecule has 6 nitrogen and oxygen atoms in total. The number of pyridine rings is 1. The van der Waals surface area contributed by atoms with Crippen molar-refractivity contribution in [2.24, 2.45) is 0 Å². The van der Waals surface area contributed by atoms with Crippen LogP contribution in [0.4, 0.5) is 5.69 Å². The number of hydrogen-bond acceptors (Lipinski definition) is 5. The summed E-state index contributed by atoms with van der Waals surface area (Å²) >= 11 is 0. The highest BCUT2D eigenvalue weighted by Crippen LogP contribution is 2.30. The monoisotopic (exact) mass is 297 g/mol. The zero-order chi connectivity index (χ0) is 15.4. The zero-order valence-electron chi connectivity index (χ0n) is 11.9. The van der Waals surface area contributed by atoms with Crippen molar-refractivity contribution in [3.63, 3.8) is 0 Å². The van der Waals surface area contributed by atoms with Gasteiger partial charge in [0.15, 0.2) is 5.75 Å². The highest BCUT2D eigenvalue weighted by molar-refractivity contribution is 5.89. The van der Waals surface area contributed by atoms with Gasteiger partial charge in [0.2, 0.25) is 5.91 Å². The van der Waals surface area contributed by atoms with Crippen LogP contribution < -0.4 is 15.0 Å². The van der Waals surface area contributed by atoms with Crippen LogP contribution in [-0.4, -0.2) is 29.9 Å². The molecule has 0 atom stereocenters. The average Bonchev–Trinajstić information content (AvgIpc) is 2.54. The summed E-state index contributed by atoms with van der Waals surface area (Å²) in [7, 11) is 0. The molecule has 1 amide bonds. The van der Waals surface area contributed by atoms with Gasteiger partial charge in [-0.15, -0.1) is 0 Å². The summed E-state index contributed by atoms with van der Waals surface area (Å²) in [4.78, 5) is 29.5. The van der Waals surface area contributed by atoms with E-state index in [0.717, 1.165) is 11.4 Å². The van der Waals surface area contributed by atoms with Gasteiger partial charge in [-0.3, -0.25) is 9.78 Å². The minimum Gasteiger partial charge on any atom is -0.423 e. The lowest BCUT2D eigenvalue weighted by atomic mass is 10.2. The number of hydrogen-bond donors (Lipinski definition) is 1. The molecule has 1 aromatic carbocycles. The van der Waals surface area contributed by atoms with Gasteiger partial charge in [0.25, 0.3) is 0 Å². The first kappa shape index (κ1) is 14.1. The first-order chi connectivity index (χ1) is 10.7. The summed E-state index contributed by atoms with van der Waals surface area (Å²) in [6, 6.07) is 12.7. The number of carbonyl (C=O) groups excluding carboxylic acids is 2. The van der Waals surface area contributed by atoms with Crippen LogP contribution in [0.5, 0.6) is 5.75 Å². The molecule has 112 valence electrons. The molecule has 6 heteroatoms. The van der Waals surface area contributed by atoms with Gasteiger partial charge in [0.05, 0.1) is 24.5 Å². The van der Waals surface area contributed by atoms with Crippen molar-refractivity contribution in [2.45, 2.75) is 6.54 Å². The minimum atomic E-state index is -0.365. The van der Waals surface area contributed by atoms with Crippen LogP contribution in [0.1, 0.15) is 5.69 Å². The van der Waals surface area contributed by atoms with Crippen molar-refractivity contribution >= 4 is 17.6 Å². The molecular formula is C16H15N3O3. The predicted octanol–water partition coefficient (Wildman–Crippen LogP) is 1.12. The second-order valence-corrected chi connectivity index (χ2v) is 4.90. The Kier molecular flexibility index (Phi) is 4.00. The molecule has 22 heavy (non-hydrogen) atoms. The van der Waals surface area contributed by atoms with Gasteiger partial charge in [0, 0.05) is 6.20 Å². The van der Waals surface area contributed by atoms with Crippen molar-refractivity contribution in [1.29, 1.82) is 0 Å². The number of amides is 1. The Morgan fingerprint density at radius 3 is 2.86 bits per heavy atom. The van der Waals surface area contributed by atoms with Crippen molar-refractivity contribution in [1.82, 2.24) is 10.3 Å². The van der Waals surface area contributed by atoms with E-state index in [0.29, 0.717) is 12.3 Å². The number of rotatable bonds is 4. The van der Waals surface area contributed by atoms with Crippen LogP contribution >= 0.6 is 0 Å². The Morgan fingerprint density at radius 2 is 2.05 bits per heavy atom. The van der Waals surface area contributed by atoms with Gasteiger partial charge >= 0.3 is 5.97 Å². The summed E-state index contributed by atoms with van der Waals surface area (Å²) in [5.74, 6) is -0.0531. The quantitative estimate of drug-likeness (QED) is 0.676. The fourth-order valence-corrected chi connectivity index (χ4v) is 2.26. The second-order valence-electron chi connectivity index (χ2n) is 4.90. The van der Waals surface area contributed by atoms with Crippen LogP contribution in [0.3, 0.4) is 0 Å². The molecule has 0 radical (unpaired) electrons. The van der Waals surface area contributed by atoms with Crippen LogP contribution in [0, 0.1) is 0 Å². The number of esters is 1. The molecule has 2 aromatic rings. The normalized spacial score (nSPS) is 13.3. The lowest BCUT2D eigenvalue weighted by Crippen LogP contribution is -2.43. The number of nitrogens with zero attached hydrogens (tertiary/aromatic N) is 2. The molecule has 0 spiro atoms. The molecule has 0 unspecified atom stereocenters. The molecule has 1 aromatic heterocycles. The first-order valence-electron chi connectivity index (χ1n) is 6.93. The number of para-hydroxylation sites is 2. The third-order valence-corrected chi connectivity index (χ3v) is 3.28. The first-order valence-corrected chi connectivity index (χ1v) is 6.93. The van der Waals surface area contributed by atoms with E-state index in [1.54, 1.807) is 23.2 Å². The number of nitrogens with one attached hydrogen (secondary N) is 1. The van der Waals surface area contributed by atoms with Gasteiger partial charge in [0.1, 0.15) is 6.54 Å². The summed E-state index contributed by atoms with van der Waals surface area (Å²) in [5.41, 5.74) is 1.53. The standard InChI is InChI=1S/C16H15N3O3/c20-15(18-9-12-5-3-4-8-17-12)10-19-11-16(21)22-14-7-2-1-6-13(14)19/h1-8H,9-11H2,(H,18,20). The number of ether oxygens (including phenoxy) is 1. The highest BCUT2D eigenvalue weighted by Gasteiger charge is 2.25. The number of fused-ring (bicyclic) bond motifs is 1. The van der Waals surface area contributed by atoms with Crippen molar-refractivity contribution in [2.75, 3.05) is 18.0 Å². The van der Waals surface area contributed by atoms with E-state index < -0.39 is 0 Å². The molecule has 0 saturated heterocycles. The smallest absolute Gasteiger partial charge is 0.331 e. The predicted molar refractivity (Wildman–Crippen MR) is 80.4 cm³/mol. The third kappa shape index (κ3) is 3.22. The van der Waals surface area contributed by atoms with Crippen LogP contribution in [0.2, 0.25) is 0 Å². The second kappa shape index (κ2) is 6.26. The van der Waals surface area contributed by atoms with Crippen LogP contribution in [0.15, 0.2) is 48.7 Å². The molecule has 0 fully saturated rings. The molecule has 0 aliphatic carbocycles. The molecule has 0 saturated carbocycles.